The third-order valence-electron chi connectivity index (χ3n) is 4.00. The van der Waals surface area contributed by atoms with Crippen LogP contribution in [0, 0.1) is 5.92 Å². The fraction of sp³-hybridized carbons (Fsp3) is 0.500. The van der Waals surface area contributed by atoms with Crippen molar-refractivity contribution < 1.29 is 9.59 Å². The molecule has 1 aromatic rings. The molecule has 0 saturated carbocycles. The summed E-state index contributed by atoms with van der Waals surface area (Å²) in [5.74, 6) is 0.0877. The van der Waals surface area contributed by atoms with E-state index in [0.717, 1.165) is 12.0 Å². The summed E-state index contributed by atoms with van der Waals surface area (Å²) in [5.41, 5.74) is 1.02. The van der Waals surface area contributed by atoms with Gasteiger partial charge in [0.1, 0.15) is 6.04 Å². The maximum atomic E-state index is 12.6. The Morgan fingerprint density at radius 2 is 2.00 bits per heavy atom. The molecule has 0 aliphatic carbocycles. The molecule has 0 bridgehead atoms. The second kappa shape index (κ2) is 6.94. The summed E-state index contributed by atoms with van der Waals surface area (Å²) in [4.78, 5) is 26.2. The first-order chi connectivity index (χ1) is 10.0. The van der Waals surface area contributed by atoms with Crippen molar-refractivity contribution in [3.63, 3.8) is 0 Å². The number of benzene rings is 1. The Morgan fingerprint density at radius 1 is 1.33 bits per heavy atom. The molecule has 0 aromatic heterocycles. The zero-order valence-corrected chi connectivity index (χ0v) is 13.2. The lowest BCUT2D eigenvalue weighted by Gasteiger charge is -2.27. The lowest BCUT2D eigenvalue weighted by molar-refractivity contribution is -0.135. The van der Waals surface area contributed by atoms with E-state index in [9.17, 15) is 9.59 Å². The van der Waals surface area contributed by atoms with Gasteiger partial charge in [-0.05, 0) is 23.6 Å². The van der Waals surface area contributed by atoms with Gasteiger partial charge < -0.3 is 10.2 Å². The Labute approximate surface area is 130 Å². The molecule has 1 fully saturated rings. The van der Waals surface area contributed by atoms with Crippen molar-refractivity contribution >= 4 is 23.4 Å². The van der Waals surface area contributed by atoms with Crippen LogP contribution in [0.2, 0.25) is 5.02 Å². The minimum absolute atomic E-state index is 0.00477. The van der Waals surface area contributed by atoms with E-state index in [1.807, 2.05) is 38.1 Å². The first-order valence-corrected chi connectivity index (χ1v) is 7.71. The molecular weight excluding hydrogens is 288 g/mol. The van der Waals surface area contributed by atoms with Crippen molar-refractivity contribution in [1.82, 2.24) is 10.2 Å². The van der Waals surface area contributed by atoms with Crippen molar-refractivity contribution in [3.8, 4) is 0 Å². The van der Waals surface area contributed by atoms with Gasteiger partial charge in [-0.2, -0.15) is 0 Å². The molecule has 2 atom stereocenters. The van der Waals surface area contributed by atoms with E-state index in [1.54, 1.807) is 4.90 Å². The van der Waals surface area contributed by atoms with Crippen LogP contribution < -0.4 is 5.32 Å². The molecule has 5 heteroatoms. The zero-order chi connectivity index (χ0) is 15.4. The molecule has 1 heterocycles. The molecular formula is C16H21ClN2O2. The number of halogens is 1. The van der Waals surface area contributed by atoms with Crippen LogP contribution in [0.4, 0.5) is 0 Å². The van der Waals surface area contributed by atoms with Crippen LogP contribution >= 0.6 is 11.6 Å². The van der Waals surface area contributed by atoms with E-state index < -0.39 is 6.04 Å². The second-order valence-corrected chi connectivity index (χ2v) is 6.00. The molecule has 0 spiro atoms. The summed E-state index contributed by atoms with van der Waals surface area (Å²) in [6, 6.07) is 7.03. The molecule has 114 valence electrons. The number of hydrogen-bond donors (Lipinski definition) is 1. The minimum Gasteiger partial charge on any atom is -0.344 e. The van der Waals surface area contributed by atoms with Gasteiger partial charge in [0.15, 0.2) is 0 Å². The summed E-state index contributed by atoms with van der Waals surface area (Å²) < 4.78 is 0. The number of rotatable bonds is 4. The minimum atomic E-state index is -0.419. The lowest BCUT2D eigenvalue weighted by atomic mass is 9.98. The topological polar surface area (TPSA) is 49.4 Å². The molecule has 1 saturated heterocycles. The molecule has 1 aliphatic rings. The van der Waals surface area contributed by atoms with Crippen LogP contribution in [0.3, 0.4) is 0 Å². The molecule has 4 nitrogen and oxygen atoms in total. The highest BCUT2D eigenvalue weighted by Crippen LogP contribution is 2.17. The van der Waals surface area contributed by atoms with Crippen molar-refractivity contribution in [2.75, 3.05) is 6.54 Å². The average molecular weight is 309 g/mol. The third kappa shape index (κ3) is 3.97. The van der Waals surface area contributed by atoms with Gasteiger partial charge in [-0.25, -0.2) is 0 Å². The summed E-state index contributed by atoms with van der Waals surface area (Å²) in [6.45, 7) is 4.99. The molecule has 2 rings (SSSR count). The summed E-state index contributed by atoms with van der Waals surface area (Å²) >= 11 is 5.88. The number of carbonyl (C=O) groups is 2. The van der Waals surface area contributed by atoms with Gasteiger partial charge in [-0.3, -0.25) is 9.59 Å². The summed E-state index contributed by atoms with van der Waals surface area (Å²) in [5, 5.41) is 3.53. The second-order valence-electron chi connectivity index (χ2n) is 5.57. The predicted molar refractivity (Wildman–Crippen MR) is 82.9 cm³/mol. The van der Waals surface area contributed by atoms with Crippen LogP contribution in [0.25, 0.3) is 0 Å². The average Bonchev–Trinajstić information content (AvgIpc) is 2.62. The van der Waals surface area contributed by atoms with E-state index in [2.05, 4.69) is 5.32 Å². The van der Waals surface area contributed by atoms with Gasteiger partial charge in [0.2, 0.25) is 11.8 Å². The van der Waals surface area contributed by atoms with Gasteiger partial charge in [0.05, 0.1) is 0 Å². The van der Waals surface area contributed by atoms with Crippen LogP contribution in [0.1, 0.15) is 32.3 Å². The molecule has 1 aliphatic heterocycles. The van der Waals surface area contributed by atoms with Crippen molar-refractivity contribution in [3.05, 3.63) is 34.9 Å². The van der Waals surface area contributed by atoms with E-state index in [4.69, 9.17) is 11.6 Å². The first-order valence-electron chi connectivity index (χ1n) is 7.34. The van der Waals surface area contributed by atoms with Gasteiger partial charge >= 0.3 is 0 Å². The summed E-state index contributed by atoms with van der Waals surface area (Å²) in [7, 11) is 0. The van der Waals surface area contributed by atoms with Crippen molar-refractivity contribution in [2.45, 2.75) is 39.3 Å². The van der Waals surface area contributed by atoms with Gasteiger partial charge in [0.25, 0.3) is 0 Å². The van der Waals surface area contributed by atoms with Crippen LogP contribution in [0.5, 0.6) is 0 Å². The Balaban J connectivity index is 2.15. The molecule has 0 radical (unpaired) electrons. The van der Waals surface area contributed by atoms with E-state index in [0.29, 0.717) is 24.5 Å². The highest BCUT2D eigenvalue weighted by atomic mass is 35.5. The monoisotopic (exact) mass is 308 g/mol. The molecule has 1 N–H and O–H groups in total. The van der Waals surface area contributed by atoms with Crippen LogP contribution in [0.15, 0.2) is 24.3 Å². The number of nitrogens with zero attached hydrogens (tertiary/aromatic N) is 1. The smallest absolute Gasteiger partial charge is 0.245 e. The van der Waals surface area contributed by atoms with Crippen LogP contribution in [-0.2, 0) is 16.1 Å². The fourth-order valence-corrected chi connectivity index (χ4v) is 2.57. The Morgan fingerprint density at radius 3 is 2.62 bits per heavy atom. The zero-order valence-electron chi connectivity index (χ0n) is 12.4. The lowest BCUT2D eigenvalue weighted by Crippen LogP contribution is -2.48. The summed E-state index contributed by atoms with van der Waals surface area (Å²) in [6.07, 6.45) is 1.21. The largest absolute Gasteiger partial charge is 0.344 e. The number of carbonyl (C=O) groups excluding carboxylic acids is 2. The van der Waals surface area contributed by atoms with Gasteiger partial charge in [0, 0.05) is 24.5 Å². The Bertz CT molecular complexity index is 516. The van der Waals surface area contributed by atoms with E-state index in [-0.39, 0.29) is 17.7 Å². The fourth-order valence-electron chi connectivity index (χ4n) is 2.44. The SMILES string of the molecule is CCC(C)C1NC(=O)CCN(Cc2ccc(Cl)cc2)C1=O. The van der Waals surface area contributed by atoms with Crippen LogP contribution in [-0.4, -0.2) is 29.3 Å². The quantitative estimate of drug-likeness (QED) is 0.929. The maximum absolute atomic E-state index is 12.6. The maximum Gasteiger partial charge on any atom is 0.245 e. The highest BCUT2D eigenvalue weighted by molar-refractivity contribution is 6.30. The normalized spacial score (nSPS) is 20.9. The predicted octanol–water partition coefficient (Wildman–Crippen LogP) is 2.60. The number of amides is 2. The van der Waals surface area contributed by atoms with Gasteiger partial charge in [-0.15, -0.1) is 0 Å². The first kappa shape index (κ1) is 15.8. The molecule has 2 unspecified atom stereocenters. The number of nitrogens with one attached hydrogen (secondary N) is 1. The third-order valence-corrected chi connectivity index (χ3v) is 4.25. The molecule has 2 amide bonds. The van der Waals surface area contributed by atoms with Gasteiger partial charge in [-0.1, -0.05) is 44.0 Å². The number of hydrogen-bond acceptors (Lipinski definition) is 2. The Kier molecular flexibility index (Phi) is 5.23. The molecule has 1 aromatic carbocycles. The standard InChI is InChI=1S/C16H21ClN2O2/c1-3-11(2)15-16(21)19(9-8-14(20)18-15)10-12-4-6-13(17)7-5-12/h4-7,11,15H,3,8-10H2,1-2H3,(H,18,20). The molecule has 21 heavy (non-hydrogen) atoms. The highest BCUT2D eigenvalue weighted by Gasteiger charge is 2.32. The van der Waals surface area contributed by atoms with Crippen molar-refractivity contribution in [1.29, 1.82) is 0 Å². The van der Waals surface area contributed by atoms with Crippen molar-refractivity contribution in [2.24, 2.45) is 5.92 Å². The van der Waals surface area contributed by atoms with E-state index >= 15 is 0 Å². The van der Waals surface area contributed by atoms with E-state index in [1.165, 1.54) is 0 Å². The Hall–Kier alpha value is -1.55.